The molecule has 33 heavy (non-hydrogen) atoms. The summed E-state index contributed by atoms with van der Waals surface area (Å²) in [6, 6.07) is 30.0. The number of hydrogen-bond acceptors (Lipinski definition) is 5. The zero-order valence-electron chi connectivity index (χ0n) is 18.8. The maximum Gasteiger partial charge on any atom is 0.164 e. The predicted molar refractivity (Wildman–Crippen MR) is 126 cm³/mol. The largest absolute Gasteiger partial charge is 0.396 e. The SMILES string of the molecule is CCO[C@H]1O[C@H](COC(c2ccccc2)(c2ccccc2)c2ccccc2)C(=O)C[C@@H]1CO. The van der Waals surface area contributed by atoms with Crippen molar-refractivity contribution in [3.63, 3.8) is 0 Å². The molecule has 1 saturated heterocycles. The third-order valence-corrected chi connectivity index (χ3v) is 6.06. The molecule has 1 aliphatic rings. The molecule has 1 aliphatic heterocycles. The molecule has 0 radical (unpaired) electrons. The normalized spacial score (nSPS) is 21.2. The molecule has 5 nitrogen and oxygen atoms in total. The predicted octanol–water partition coefficient (Wildman–Crippen LogP) is 4.32. The molecule has 0 spiro atoms. The van der Waals surface area contributed by atoms with Gasteiger partial charge < -0.3 is 19.3 Å². The lowest BCUT2D eigenvalue weighted by Crippen LogP contribution is -2.47. The number of rotatable bonds is 9. The van der Waals surface area contributed by atoms with Gasteiger partial charge in [0.05, 0.1) is 13.2 Å². The van der Waals surface area contributed by atoms with E-state index in [0.29, 0.717) is 6.61 Å². The molecular weight excluding hydrogens is 416 g/mol. The van der Waals surface area contributed by atoms with Crippen molar-refractivity contribution in [1.82, 2.24) is 0 Å². The summed E-state index contributed by atoms with van der Waals surface area (Å²) < 4.78 is 18.4. The first kappa shape index (κ1) is 23.3. The molecule has 3 aromatic carbocycles. The van der Waals surface area contributed by atoms with Crippen LogP contribution in [0.2, 0.25) is 0 Å². The summed E-state index contributed by atoms with van der Waals surface area (Å²) in [5.41, 5.74) is 1.95. The van der Waals surface area contributed by atoms with Crippen molar-refractivity contribution in [2.24, 2.45) is 5.92 Å². The van der Waals surface area contributed by atoms with Crippen molar-refractivity contribution in [2.75, 3.05) is 19.8 Å². The molecular formula is C28H30O5. The summed E-state index contributed by atoms with van der Waals surface area (Å²) in [5, 5.41) is 9.65. The molecule has 0 amide bonds. The van der Waals surface area contributed by atoms with Crippen LogP contribution < -0.4 is 0 Å². The summed E-state index contributed by atoms with van der Waals surface area (Å²) in [4.78, 5) is 12.9. The monoisotopic (exact) mass is 446 g/mol. The fourth-order valence-corrected chi connectivity index (χ4v) is 4.43. The zero-order chi connectivity index (χ0) is 23.1. The minimum Gasteiger partial charge on any atom is -0.396 e. The van der Waals surface area contributed by atoms with E-state index in [0.717, 1.165) is 16.7 Å². The Hall–Kier alpha value is -2.83. The van der Waals surface area contributed by atoms with E-state index in [1.807, 2.05) is 97.9 Å². The maximum absolute atomic E-state index is 12.9. The Kier molecular flexibility index (Phi) is 7.68. The molecule has 5 heteroatoms. The number of carbonyl (C=O) groups excluding carboxylic acids is 1. The average Bonchev–Trinajstić information content (AvgIpc) is 2.88. The number of benzene rings is 3. The Morgan fingerprint density at radius 1 is 0.879 bits per heavy atom. The van der Waals surface area contributed by atoms with E-state index < -0.39 is 18.0 Å². The van der Waals surface area contributed by atoms with Gasteiger partial charge in [-0.2, -0.15) is 0 Å². The van der Waals surface area contributed by atoms with Crippen molar-refractivity contribution >= 4 is 5.78 Å². The average molecular weight is 447 g/mol. The molecule has 0 bridgehead atoms. The Bertz CT molecular complexity index is 910. The van der Waals surface area contributed by atoms with Crippen LogP contribution in [0.5, 0.6) is 0 Å². The van der Waals surface area contributed by atoms with Crippen molar-refractivity contribution in [3.05, 3.63) is 108 Å². The van der Waals surface area contributed by atoms with Crippen molar-refractivity contribution < 1.29 is 24.1 Å². The molecule has 1 fully saturated rings. The van der Waals surface area contributed by atoms with Gasteiger partial charge in [-0.05, 0) is 23.6 Å². The van der Waals surface area contributed by atoms with Crippen LogP contribution in [-0.4, -0.2) is 43.1 Å². The summed E-state index contributed by atoms with van der Waals surface area (Å²) in [5.74, 6) is -0.455. The van der Waals surface area contributed by atoms with Crippen molar-refractivity contribution in [3.8, 4) is 0 Å². The maximum atomic E-state index is 12.9. The lowest BCUT2D eigenvalue weighted by atomic mass is 9.80. The second kappa shape index (κ2) is 10.9. The minimum absolute atomic E-state index is 0.0548. The van der Waals surface area contributed by atoms with Crippen LogP contribution in [0.25, 0.3) is 0 Å². The highest BCUT2D eigenvalue weighted by Gasteiger charge is 2.42. The number of ketones is 1. The second-order valence-electron chi connectivity index (χ2n) is 8.15. The highest BCUT2D eigenvalue weighted by atomic mass is 16.7. The van der Waals surface area contributed by atoms with E-state index in [9.17, 15) is 9.90 Å². The Balaban J connectivity index is 1.72. The summed E-state index contributed by atoms with van der Waals surface area (Å²) >= 11 is 0. The molecule has 1 heterocycles. The molecule has 0 unspecified atom stereocenters. The van der Waals surface area contributed by atoms with E-state index in [1.54, 1.807) is 0 Å². The van der Waals surface area contributed by atoms with Gasteiger partial charge in [0.25, 0.3) is 0 Å². The Morgan fingerprint density at radius 2 is 1.36 bits per heavy atom. The number of aliphatic hydroxyl groups excluding tert-OH is 1. The molecule has 0 aromatic heterocycles. The zero-order valence-corrected chi connectivity index (χ0v) is 18.8. The summed E-state index contributed by atoms with van der Waals surface area (Å²) in [7, 11) is 0. The van der Waals surface area contributed by atoms with Gasteiger partial charge in [-0.25, -0.2) is 0 Å². The lowest BCUT2D eigenvalue weighted by Gasteiger charge is -2.39. The first-order chi connectivity index (χ1) is 16.2. The highest BCUT2D eigenvalue weighted by molar-refractivity contribution is 5.84. The van der Waals surface area contributed by atoms with Gasteiger partial charge in [-0.3, -0.25) is 4.79 Å². The van der Waals surface area contributed by atoms with E-state index in [-0.39, 0.29) is 31.3 Å². The number of carbonyl (C=O) groups is 1. The Morgan fingerprint density at radius 3 is 1.79 bits per heavy atom. The third kappa shape index (κ3) is 4.92. The topological polar surface area (TPSA) is 65.0 Å². The fraction of sp³-hybridized carbons (Fsp3) is 0.321. The van der Waals surface area contributed by atoms with Crippen LogP contribution in [0.3, 0.4) is 0 Å². The van der Waals surface area contributed by atoms with Crippen LogP contribution in [0.1, 0.15) is 30.0 Å². The molecule has 4 rings (SSSR count). The summed E-state index contributed by atoms with van der Waals surface area (Å²) in [6.07, 6.45) is -1.21. The van der Waals surface area contributed by atoms with E-state index >= 15 is 0 Å². The number of hydrogen-bond donors (Lipinski definition) is 1. The van der Waals surface area contributed by atoms with E-state index in [2.05, 4.69) is 0 Å². The first-order valence-electron chi connectivity index (χ1n) is 11.4. The highest BCUT2D eigenvalue weighted by Crippen LogP contribution is 2.41. The summed E-state index contributed by atoms with van der Waals surface area (Å²) in [6.45, 7) is 2.20. The molecule has 0 aliphatic carbocycles. The van der Waals surface area contributed by atoms with Gasteiger partial charge in [0, 0.05) is 18.9 Å². The van der Waals surface area contributed by atoms with E-state index in [1.165, 1.54) is 0 Å². The third-order valence-electron chi connectivity index (χ3n) is 6.06. The van der Waals surface area contributed by atoms with Gasteiger partial charge >= 0.3 is 0 Å². The minimum atomic E-state index is -0.928. The van der Waals surface area contributed by atoms with Crippen LogP contribution in [0, 0.1) is 5.92 Å². The number of Topliss-reactive ketones (excluding diaryl/α,β-unsaturated/α-hetero) is 1. The standard InChI is InChI=1S/C28H30O5/c1-2-31-27-21(19-29)18-25(30)26(33-27)20-32-28(22-12-6-3-7-13-22,23-14-8-4-9-15-23)24-16-10-5-11-17-24/h3-17,21,26-27,29H,2,18-20H2,1H3/t21-,26-,27+/m1/s1. The molecule has 0 saturated carbocycles. The van der Waals surface area contributed by atoms with Crippen LogP contribution in [-0.2, 0) is 24.6 Å². The fourth-order valence-electron chi connectivity index (χ4n) is 4.43. The molecule has 3 aromatic rings. The number of aliphatic hydroxyl groups is 1. The Labute approximate surface area is 194 Å². The van der Waals surface area contributed by atoms with Gasteiger partial charge in [0.1, 0.15) is 11.7 Å². The van der Waals surface area contributed by atoms with Gasteiger partial charge in [-0.15, -0.1) is 0 Å². The lowest BCUT2D eigenvalue weighted by molar-refractivity contribution is -0.230. The van der Waals surface area contributed by atoms with Gasteiger partial charge in [-0.1, -0.05) is 91.0 Å². The quantitative estimate of drug-likeness (QED) is 0.496. The first-order valence-corrected chi connectivity index (χ1v) is 11.4. The second-order valence-corrected chi connectivity index (χ2v) is 8.15. The molecule has 1 N–H and O–H groups in total. The molecule has 3 atom stereocenters. The van der Waals surface area contributed by atoms with Crippen molar-refractivity contribution in [2.45, 2.75) is 31.3 Å². The van der Waals surface area contributed by atoms with E-state index in [4.69, 9.17) is 14.2 Å². The van der Waals surface area contributed by atoms with Crippen LogP contribution >= 0.6 is 0 Å². The molecule has 172 valence electrons. The van der Waals surface area contributed by atoms with Crippen molar-refractivity contribution in [1.29, 1.82) is 0 Å². The van der Waals surface area contributed by atoms with Gasteiger partial charge in [0.15, 0.2) is 12.1 Å². The van der Waals surface area contributed by atoms with Crippen LogP contribution in [0.15, 0.2) is 91.0 Å². The van der Waals surface area contributed by atoms with Crippen LogP contribution in [0.4, 0.5) is 0 Å². The number of ether oxygens (including phenoxy) is 3. The van der Waals surface area contributed by atoms with Gasteiger partial charge in [0.2, 0.25) is 0 Å². The smallest absolute Gasteiger partial charge is 0.164 e.